The summed E-state index contributed by atoms with van der Waals surface area (Å²) in [6.07, 6.45) is 7.52. The molecule has 4 rings (SSSR count). The highest BCUT2D eigenvalue weighted by atomic mass is 35.5. The fourth-order valence-electron chi connectivity index (χ4n) is 4.32. The van der Waals surface area contributed by atoms with Crippen molar-refractivity contribution in [3.05, 3.63) is 67.3 Å². The van der Waals surface area contributed by atoms with Crippen LogP contribution in [0.3, 0.4) is 0 Å². The zero-order valence-corrected chi connectivity index (χ0v) is 20.2. The summed E-state index contributed by atoms with van der Waals surface area (Å²) in [5, 5.41) is 0. The van der Waals surface area contributed by atoms with Crippen molar-refractivity contribution in [1.82, 2.24) is 9.47 Å². The molecule has 0 atom stereocenters. The summed E-state index contributed by atoms with van der Waals surface area (Å²) < 4.78 is 4.35. The molecule has 2 heterocycles. The lowest BCUT2D eigenvalue weighted by atomic mass is 10.2. The van der Waals surface area contributed by atoms with E-state index in [4.69, 9.17) is 11.5 Å². The van der Waals surface area contributed by atoms with Crippen molar-refractivity contribution < 1.29 is 17.0 Å². The number of aryl methyl sites for hydroxylation is 2. The third-order valence-corrected chi connectivity index (χ3v) is 6.24. The average molecular weight is 470 g/mol. The first-order valence-corrected chi connectivity index (χ1v) is 11.5. The van der Waals surface area contributed by atoms with E-state index in [0.717, 1.165) is 70.2 Å². The molecule has 4 N–H and O–H groups in total. The first-order valence-electron chi connectivity index (χ1n) is 11.5. The smallest absolute Gasteiger partial charge is 0.243 e. The molecule has 0 amide bonds. The maximum absolute atomic E-state index is 5.93. The lowest BCUT2D eigenvalue weighted by Crippen LogP contribution is -3.00. The van der Waals surface area contributed by atoms with E-state index in [1.807, 2.05) is 24.3 Å². The summed E-state index contributed by atoms with van der Waals surface area (Å²) in [6.45, 7) is 8.21. The van der Waals surface area contributed by atoms with Crippen molar-refractivity contribution in [2.24, 2.45) is 7.05 Å². The van der Waals surface area contributed by atoms with Crippen molar-refractivity contribution in [3.63, 3.8) is 0 Å². The van der Waals surface area contributed by atoms with Crippen LogP contribution in [0.5, 0.6) is 0 Å². The van der Waals surface area contributed by atoms with E-state index in [-0.39, 0.29) is 12.4 Å². The number of aromatic nitrogens is 2. The highest BCUT2D eigenvalue weighted by Gasteiger charge is 2.17. The number of rotatable bonds is 6. The summed E-state index contributed by atoms with van der Waals surface area (Å²) in [4.78, 5) is 7.56. The van der Waals surface area contributed by atoms with E-state index in [1.54, 1.807) is 0 Å². The molecule has 2 aromatic carbocycles. The van der Waals surface area contributed by atoms with E-state index in [9.17, 15) is 0 Å². The van der Waals surface area contributed by atoms with Gasteiger partial charge < -0.3 is 33.7 Å². The lowest BCUT2D eigenvalue weighted by molar-refractivity contribution is -0.671. The fourth-order valence-corrected chi connectivity index (χ4v) is 4.32. The molecule has 1 saturated heterocycles. The predicted molar refractivity (Wildman–Crippen MR) is 133 cm³/mol. The number of nitrogen functional groups attached to an aromatic ring is 2. The Morgan fingerprint density at radius 1 is 0.727 bits per heavy atom. The maximum Gasteiger partial charge on any atom is 0.243 e. The van der Waals surface area contributed by atoms with Crippen molar-refractivity contribution in [2.75, 3.05) is 67.1 Å². The van der Waals surface area contributed by atoms with Gasteiger partial charge in [-0.1, -0.05) is 0 Å². The van der Waals surface area contributed by atoms with Crippen LogP contribution in [0.25, 0.3) is 0 Å². The molecule has 1 aliphatic rings. The molecule has 33 heavy (non-hydrogen) atoms. The quantitative estimate of drug-likeness (QED) is 0.365. The second-order valence-electron chi connectivity index (χ2n) is 8.67. The van der Waals surface area contributed by atoms with Gasteiger partial charge in [-0.2, -0.15) is 0 Å². The zero-order chi connectivity index (χ0) is 22.3. The van der Waals surface area contributed by atoms with Gasteiger partial charge in [-0.05, 0) is 55.0 Å². The third kappa shape index (κ3) is 7.04. The molecule has 0 bridgehead atoms. The van der Waals surface area contributed by atoms with Crippen LogP contribution in [0.2, 0.25) is 0 Å². The molecule has 1 aromatic heterocycles. The number of halogens is 1. The molecule has 3 aromatic rings. The van der Waals surface area contributed by atoms with Crippen LogP contribution >= 0.6 is 0 Å². The van der Waals surface area contributed by atoms with Crippen LogP contribution < -0.4 is 38.2 Å². The van der Waals surface area contributed by atoms with Gasteiger partial charge in [0.2, 0.25) is 6.33 Å². The fraction of sp³-hybridized carbons (Fsp3) is 0.400. The summed E-state index contributed by atoms with van der Waals surface area (Å²) in [5.41, 5.74) is 15.9. The largest absolute Gasteiger partial charge is 1.00 e. The molecule has 1 aliphatic heterocycles. The second-order valence-corrected chi connectivity index (χ2v) is 8.67. The number of anilines is 4. The normalized spacial score (nSPS) is 15.4. The predicted octanol–water partition coefficient (Wildman–Crippen LogP) is -0.800. The monoisotopic (exact) mass is 469 g/mol. The average Bonchev–Trinajstić information content (AvgIpc) is 3.24. The van der Waals surface area contributed by atoms with Gasteiger partial charge in [-0.15, -0.1) is 0 Å². The number of nitrogens with zero attached hydrogens (tertiary/aromatic N) is 5. The number of hydrogen-bond acceptors (Lipinski definition) is 5. The molecule has 7 nitrogen and oxygen atoms in total. The molecule has 0 unspecified atom stereocenters. The first-order chi connectivity index (χ1) is 15.6. The molecule has 0 saturated carbocycles. The van der Waals surface area contributed by atoms with E-state index in [0.29, 0.717) is 0 Å². The van der Waals surface area contributed by atoms with Crippen molar-refractivity contribution >= 4 is 22.7 Å². The SMILES string of the molecule is C[n+]1ccn(CCCN2CCN(c3ccc(N)cc3)CCN(c3ccc(N)cc3)CC2)c1.[Cl-]. The number of imidazole rings is 1. The van der Waals surface area contributed by atoms with Crippen LogP contribution in [-0.2, 0) is 13.6 Å². The minimum atomic E-state index is 0. The van der Waals surface area contributed by atoms with Crippen LogP contribution in [-0.4, -0.2) is 55.3 Å². The first kappa shape index (κ1) is 24.7. The van der Waals surface area contributed by atoms with E-state index >= 15 is 0 Å². The third-order valence-electron chi connectivity index (χ3n) is 6.24. The van der Waals surface area contributed by atoms with Gasteiger partial charge in [0.1, 0.15) is 12.4 Å². The van der Waals surface area contributed by atoms with Crippen LogP contribution in [0, 0.1) is 0 Å². The Labute approximate surface area is 203 Å². The van der Waals surface area contributed by atoms with Gasteiger partial charge in [0.25, 0.3) is 0 Å². The van der Waals surface area contributed by atoms with Crippen molar-refractivity contribution in [3.8, 4) is 0 Å². The topological polar surface area (TPSA) is 70.6 Å². The Hall–Kier alpha value is -2.90. The molecule has 0 spiro atoms. The molecule has 178 valence electrons. The van der Waals surface area contributed by atoms with Gasteiger partial charge in [0.05, 0.1) is 13.6 Å². The standard InChI is InChI=1S/C25H36N7.ClH/c1-28-13-14-30(21-28)12-2-11-29-15-17-31(24-7-3-22(26)4-8-24)19-20-32(18-16-29)25-9-5-23(27)6-10-25;/h3-10,13-14,21H,2,11-12,15-20,26-27H2,1H3;1H/q+1;/p-1. The molecular weight excluding hydrogens is 434 g/mol. The molecular formula is C25H36ClN7. The zero-order valence-electron chi connectivity index (χ0n) is 19.5. The maximum atomic E-state index is 5.93. The highest BCUT2D eigenvalue weighted by Crippen LogP contribution is 2.20. The van der Waals surface area contributed by atoms with Crippen LogP contribution in [0.15, 0.2) is 67.3 Å². The van der Waals surface area contributed by atoms with Gasteiger partial charge >= 0.3 is 0 Å². The Morgan fingerprint density at radius 3 is 1.67 bits per heavy atom. The number of nitrogens with two attached hydrogens (primary N) is 2. The van der Waals surface area contributed by atoms with Gasteiger partial charge in [0, 0.05) is 68.6 Å². The van der Waals surface area contributed by atoms with Gasteiger partial charge in [-0.25, -0.2) is 9.13 Å². The van der Waals surface area contributed by atoms with Crippen LogP contribution in [0.1, 0.15) is 6.42 Å². The summed E-state index contributed by atoms with van der Waals surface area (Å²) in [5.74, 6) is 0. The Bertz CT molecular complexity index is 914. The second kappa shape index (κ2) is 11.8. The van der Waals surface area contributed by atoms with E-state index < -0.39 is 0 Å². The molecule has 0 radical (unpaired) electrons. The van der Waals surface area contributed by atoms with Gasteiger partial charge in [-0.3, -0.25) is 4.90 Å². The van der Waals surface area contributed by atoms with Crippen LogP contribution in [0.4, 0.5) is 22.7 Å². The van der Waals surface area contributed by atoms with Crippen molar-refractivity contribution in [1.29, 1.82) is 0 Å². The summed E-state index contributed by atoms with van der Waals surface area (Å²) in [6, 6.07) is 16.5. The van der Waals surface area contributed by atoms with E-state index in [1.165, 1.54) is 11.4 Å². The van der Waals surface area contributed by atoms with Gasteiger partial charge in [0.15, 0.2) is 0 Å². The minimum Gasteiger partial charge on any atom is -1.00 e. The Kier molecular flexibility index (Phi) is 8.86. The molecule has 8 heteroatoms. The summed E-state index contributed by atoms with van der Waals surface area (Å²) in [7, 11) is 2.07. The number of benzene rings is 2. The minimum absolute atomic E-state index is 0. The molecule has 0 aliphatic carbocycles. The van der Waals surface area contributed by atoms with E-state index in [2.05, 4.69) is 73.9 Å². The molecule has 1 fully saturated rings. The summed E-state index contributed by atoms with van der Waals surface area (Å²) >= 11 is 0. The van der Waals surface area contributed by atoms with Crippen molar-refractivity contribution in [2.45, 2.75) is 13.0 Å². The lowest BCUT2D eigenvalue weighted by Gasteiger charge is -2.29. The Morgan fingerprint density at radius 2 is 1.21 bits per heavy atom. The highest BCUT2D eigenvalue weighted by molar-refractivity contribution is 5.55. The number of hydrogen-bond donors (Lipinski definition) is 2. The Balaban J connectivity index is 0.00000306.